The normalized spacial score (nSPS) is 11.8. The van der Waals surface area contributed by atoms with E-state index in [1.54, 1.807) is 0 Å². The lowest BCUT2D eigenvalue weighted by atomic mass is 9.84. The summed E-state index contributed by atoms with van der Waals surface area (Å²) in [5, 5.41) is 2.81. The largest absolute Gasteiger partial charge is 0.330 e. The Morgan fingerprint density at radius 1 is 1.35 bits per heavy atom. The third-order valence-corrected chi connectivity index (χ3v) is 3.50. The number of aromatic amines is 1. The smallest absolute Gasteiger partial charge is 0.226 e. The Bertz CT molecular complexity index is 555. The van der Waals surface area contributed by atoms with Gasteiger partial charge < -0.3 is 10.7 Å². The molecule has 0 aliphatic heterocycles. The lowest BCUT2D eigenvalue weighted by Crippen LogP contribution is -2.21. The third kappa shape index (κ3) is 3.81. The molecule has 0 aliphatic rings. The van der Waals surface area contributed by atoms with E-state index in [4.69, 9.17) is 5.73 Å². The van der Waals surface area contributed by atoms with Gasteiger partial charge in [0.1, 0.15) is 0 Å². The minimum atomic E-state index is -0.0193. The van der Waals surface area contributed by atoms with Gasteiger partial charge in [0.2, 0.25) is 11.9 Å². The summed E-state index contributed by atoms with van der Waals surface area (Å²) in [4.78, 5) is 19.3. The number of amides is 1. The molecule has 1 heterocycles. The first-order chi connectivity index (χ1) is 9.50. The quantitative estimate of drug-likeness (QED) is 0.757. The Balaban J connectivity index is 1.91. The van der Waals surface area contributed by atoms with E-state index in [2.05, 4.69) is 29.1 Å². The van der Waals surface area contributed by atoms with Crippen LogP contribution >= 0.6 is 0 Å². The minimum absolute atomic E-state index is 0.0193. The Kier molecular flexibility index (Phi) is 4.39. The zero-order valence-corrected chi connectivity index (χ0v) is 12.1. The Morgan fingerprint density at radius 2 is 2.10 bits per heavy atom. The fourth-order valence-corrected chi connectivity index (χ4v) is 2.17. The van der Waals surface area contributed by atoms with Crippen LogP contribution in [0.25, 0.3) is 11.0 Å². The molecule has 1 aromatic carbocycles. The highest BCUT2D eigenvalue weighted by Crippen LogP contribution is 2.26. The fourth-order valence-electron chi connectivity index (χ4n) is 2.17. The predicted molar refractivity (Wildman–Crippen MR) is 81.4 cm³/mol. The number of nitrogens with zero attached hydrogens (tertiary/aromatic N) is 1. The van der Waals surface area contributed by atoms with Gasteiger partial charge in [0, 0.05) is 6.42 Å². The molecule has 0 saturated heterocycles. The van der Waals surface area contributed by atoms with E-state index in [-0.39, 0.29) is 11.3 Å². The summed E-state index contributed by atoms with van der Waals surface area (Å²) in [5.74, 6) is 0.488. The van der Waals surface area contributed by atoms with E-state index in [1.807, 2.05) is 24.3 Å². The summed E-state index contributed by atoms with van der Waals surface area (Å²) in [6, 6.07) is 7.69. The van der Waals surface area contributed by atoms with E-state index < -0.39 is 0 Å². The number of benzene rings is 1. The molecule has 0 atom stereocenters. The number of fused-ring (bicyclic) bond motifs is 1. The molecule has 0 radical (unpaired) electrons. The summed E-state index contributed by atoms with van der Waals surface area (Å²) in [6.07, 6.45) is 2.21. The number of imidazole rings is 1. The van der Waals surface area contributed by atoms with Gasteiger partial charge in [0.05, 0.1) is 11.0 Å². The van der Waals surface area contributed by atoms with Crippen molar-refractivity contribution in [3.05, 3.63) is 24.3 Å². The number of nitrogens with one attached hydrogen (secondary N) is 2. The number of H-pyrrole nitrogens is 1. The number of anilines is 1. The Morgan fingerprint density at radius 3 is 2.80 bits per heavy atom. The van der Waals surface area contributed by atoms with Crippen LogP contribution in [-0.4, -0.2) is 22.4 Å². The minimum Gasteiger partial charge on any atom is -0.330 e. The molecule has 1 amide bonds. The summed E-state index contributed by atoms with van der Waals surface area (Å²) >= 11 is 0. The van der Waals surface area contributed by atoms with Crippen LogP contribution in [0.5, 0.6) is 0 Å². The number of nitrogens with two attached hydrogens (primary N) is 1. The highest BCUT2D eigenvalue weighted by molar-refractivity contribution is 5.91. The maximum atomic E-state index is 11.9. The van der Waals surface area contributed by atoms with Crippen LogP contribution < -0.4 is 11.1 Å². The second-order valence-corrected chi connectivity index (χ2v) is 5.85. The molecule has 5 nitrogen and oxygen atoms in total. The monoisotopic (exact) mass is 274 g/mol. The highest BCUT2D eigenvalue weighted by atomic mass is 16.1. The number of aromatic nitrogens is 2. The van der Waals surface area contributed by atoms with Gasteiger partial charge in [-0.25, -0.2) is 4.98 Å². The molecule has 1 aromatic heterocycles. The zero-order valence-electron chi connectivity index (χ0n) is 12.1. The average molecular weight is 274 g/mol. The van der Waals surface area contributed by atoms with Crippen LogP contribution in [0.1, 0.15) is 33.1 Å². The molecule has 4 N–H and O–H groups in total. The van der Waals surface area contributed by atoms with Gasteiger partial charge in [-0.2, -0.15) is 0 Å². The molecule has 0 aliphatic carbocycles. The zero-order chi connectivity index (χ0) is 14.6. The van der Waals surface area contributed by atoms with E-state index >= 15 is 0 Å². The van der Waals surface area contributed by atoms with Crippen molar-refractivity contribution in [2.24, 2.45) is 11.1 Å². The molecule has 2 rings (SSSR count). The second-order valence-electron chi connectivity index (χ2n) is 5.85. The number of carbonyl (C=O) groups excluding carboxylic acids is 1. The van der Waals surface area contributed by atoms with Gasteiger partial charge in [-0.15, -0.1) is 0 Å². The van der Waals surface area contributed by atoms with Gasteiger partial charge in [0.15, 0.2) is 0 Å². The molecular weight excluding hydrogens is 252 g/mol. The summed E-state index contributed by atoms with van der Waals surface area (Å²) in [5.41, 5.74) is 7.44. The summed E-state index contributed by atoms with van der Waals surface area (Å²) in [6.45, 7) is 4.92. The molecule has 0 spiro atoms. The number of para-hydroxylation sites is 2. The Labute approximate surface area is 119 Å². The first-order valence-corrected chi connectivity index (χ1v) is 6.95. The van der Waals surface area contributed by atoms with Crippen LogP contribution in [0.3, 0.4) is 0 Å². The van der Waals surface area contributed by atoms with Gasteiger partial charge in [0.25, 0.3) is 0 Å². The topological polar surface area (TPSA) is 83.8 Å². The second kappa shape index (κ2) is 6.05. The lowest BCUT2D eigenvalue weighted by molar-refractivity contribution is -0.116. The molecule has 0 unspecified atom stereocenters. The van der Waals surface area contributed by atoms with Crippen molar-refractivity contribution in [2.75, 3.05) is 11.9 Å². The third-order valence-electron chi connectivity index (χ3n) is 3.50. The van der Waals surface area contributed by atoms with Gasteiger partial charge >= 0.3 is 0 Å². The van der Waals surface area contributed by atoms with Crippen LogP contribution in [0.4, 0.5) is 5.95 Å². The maximum absolute atomic E-state index is 11.9. The number of hydrogen-bond donors (Lipinski definition) is 3. The SMILES string of the molecule is CC(C)(CCN)CCC(=O)Nc1nc2ccccc2[nH]1. The van der Waals surface area contributed by atoms with Crippen molar-refractivity contribution >= 4 is 22.9 Å². The standard InChI is InChI=1S/C15H22N4O/c1-15(2,9-10-16)8-7-13(20)19-14-17-11-5-3-4-6-12(11)18-14/h3-6H,7-10,16H2,1-2H3,(H2,17,18,19,20). The molecule has 0 bridgehead atoms. The van der Waals surface area contributed by atoms with Crippen LogP contribution in [0.15, 0.2) is 24.3 Å². The van der Waals surface area contributed by atoms with E-state index in [1.165, 1.54) is 0 Å². The molecule has 20 heavy (non-hydrogen) atoms. The average Bonchev–Trinajstić information content (AvgIpc) is 2.78. The molecular formula is C15H22N4O. The van der Waals surface area contributed by atoms with Gasteiger partial charge in [-0.3, -0.25) is 10.1 Å². The lowest BCUT2D eigenvalue weighted by Gasteiger charge is -2.23. The molecule has 5 heteroatoms. The first kappa shape index (κ1) is 14.5. The first-order valence-electron chi connectivity index (χ1n) is 6.95. The van der Waals surface area contributed by atoms with Crippen molar-refractivity contribution in [3.8, 4) is 0 Å². The van der Waals surface area contributed by atoms with Crippen molar-refractivity contribution < 1.29 is 4.79 Å². The fraction of sp³-hybridized carbons (Fsp3) is 0.467. The molecule has 0 fully saturated rings. The van der Waals surface area contributed by atoms with Crippen LogP contribution in [-0.2, 0) is 4.79 Å². The number of carbonyl (C=O) groups is 1. The van der Waals surface area contributed by atoms with E-state index in [9.17, 15) is 4.79 Å². The van der Waals surface area contributed by atoms with Crippen LogP contribution in [0.2, 0.25) is 0 Å². The highest BCUT2D eigenvalue weighted by Gasteiger charge is 2.18. The maximum Gasteiger partial charge on any atom is 0.226 e. The number of rotatable bonds is 6. The van der Waals surface area contributed by atoms with Crippen molar-refractivity contribution in [1.82, 2.24) is 9.97 Å². The summed E-state index contributed by atoms with van der Waals surface area (Å²) < 4.78 is 0. The summed E-state index contributed by atoms with van der Waals surface area (Å²) in [7, 11) is 0. The van der Waals surface area contributed by atoms with Crippen LogP contribution in [0, 0.1) is 5.41 Å². The number of hydrogen-bond acceptors (Lipinski definition) is 3. The molecule has 108 valence electrons. The molecule has 0 saturated carbocycles. The van der Waals surface area contributed by atoms with E-state index in [0.717, 1.165) is 23.9 Å². The van der Waals surface area contributed by atoms with E-state index in [0.29, 0.717) is 18.9 Å². The van der Waals surface area contributed by atoms with Gasteiger partial charge in [-0.05, 0) is 36.9 Å². The van der Waals surface area contributed by atoms with Crippen molar-refractivity contribution in [3.63, 3.8) is 0 Å². The predicted octanol–water partition coefficient (Wildman–Crippen LogP) is 2.66. The Hall–Kier alpha value is -1.88. The van der Waals surface area contributed by atoms with Crippen molar-refractivity contribution in [2.45, 2.75) is 33.1 Å². The van der Waals surface area contributed by atoms with Crippen molar-refractivity contribution in [1.29, 1.82) is 0 Å². The molecule has 2 aromatic rings. The van der Waals surface area contributed by atoms with Gasteiger partial charge in [-0.1, -0.05) is 26.0 Å².